The fourth-order valence-corrected chi connectivity index (χ4v) is 3.39. The minimum Gasteiger partial charge on any atom is -0.458 e. The van der Waals surface area contributed by atoms with Crippen molar-refractivity contribution in [1.29, 1.82) is 0 Å². The van der Waals surface area contributed by atoms with Crippen molar-refractivity contribution in [2.24, 2.45) is 22.9 Å². The Morgan fingerprint density at radius 1 is 1.25 bits per heavy atom. The van der Waals surface area contributed by atoms with Gasteiger partial charge in [0.15, 0.2) is 0 Å². The summed E-state index contributed by atoms with van der Waals surface area (Å²) in [4.78, 5) is 27.0. The Hall–Kier alpha value is -2.33. The van der Waals surface area contributed by atoms with Crippen molar-refractivity contribution >= 4 is 11.9 Å². The maximum absolute atomic E-state index is 12.6. The number of hydrogen-bond acceptors (Lipinski definition) is 3. The molecule has 6 nitrogen and oxygen atoms in total. The Morgan fingerprint density at radius 2 is 1.92 bits per heavy atom. The van der Waals surface area contributed by atoms with E-state index in [1.54, 1.807) is 12.1 Å². The van der Waals surface area contributed by atoms with Crippen LogP contribution in [-0.4, -0.2) is 18.0 Å². The van der Waals surface area contributed by atoms with E-state index in [-0.39, 0.29) is 17.2 Å². The van der Waals surface area contributed by atoms with Crippen LogP contribution in [0.15, 0.2) is 29.4 Å². The lowest BCUT2D eigenvalue weighted by atomic mass is 9.75. The third-order valence-corrected chi connectivity index (χ3v) is 4.73. The highest BCUT2D eigenvalue weighted by atomic mass is 16.5. The molecule has 0 spiro atoms. The summed E-state index contributed by atoms with van der Waals surface area (Å²) < 4.78 is 5.76. The van der Waals surface area contributed by atoms with E-state index in [1.165, 1.54) is 12.1 Å². The van der Waals surface area contributed by atoms with Crippen molar-refractivity contribution in [3.63, 3.8) is 0 Å². The van der Waals surface area contributed by atoms with Crippen molar-refractivity contribution < 1.29 is 14.3 Å². The molecule has 1 aromatic rings. The number of carbonyl (C=O) groups is 2. The van der Waals surface area contributed by atoms with Crippen LogP contribution in [-0.2, 0) is 4.74 Å². The van der Waals surface area contributed by atoms with Crippen molar-refractivity contribution in [2.45, 2.75) is 46.1 Å². The summed E-state index contributed by atoms with van der Waals surface area (Å²) in [5.74, 6) is -0.0438. The molecule has 0 N–H and O–H groups in total. The molecule has 0 heterocycles. The number of benzene rings is 1. The van der Waals surface area contributed by atoms with Gasteiger partial charge in [-0.25, -0.2) is 4.79 Å². The molecule has 1 saturated carbocycles. The Labute approximate surface area is 141 Å². The third kappa shape index (κ3) is 4.15. The summed E-state index contributed by atoms with van der Waals surface area (Å²) >= 11 is 0. The second-order valence-electron chi connectivity index (χ2n) is 6.81. The number of ether oxygens (including phenoxy) is 1. The number of nitrogens with zero attached hydrogens (tertiary/aromatic N) is 3. The third-order valence-electron chi connectivity index (χ3n) is 4.73. The molecule has 0 bridgehead atoms. The summed E-state index contributed by atoms with van der Waals surface area (Å²) in [6.07, 6.45) is 2.86. The molecule has 0 aliphatic heterocycles. The highest BCUT2D eigenvalue weighted by Crippen LogP contribution is 2.35. The lowest BCUT2D eigenvalue weighted by molar-refractivity contribution is -0.0175. The van der Waals surface area contributed by atoms with Gasteiger partial charge in [-0.2, -0.15) is 0 Å². The number of hydrogen-bond donors (Lipinski definition) is 0. The minimum absolute atomic E-state index is 0.0743. The number of amides is 1. The Balaban J connectivity index is 2.22. The Bertz CT molecular complexity index is 665. The molecule has 2 rings (SSSR count). The molecule has 0 saturated heterocycles. The fraction of sp³-hybridized carbons (Fsp3) is 0.556. The maximum atomic E-state index is 12.6. The van der Waals surface area contributed by atoms with Crippen LogP contribution in [0, 0.1) is 17.8 Å². The van der Waals surface area contributed by atoms with E-state index in [4.69, 9.17) is 10.3 Å². The van der Waals surface area contributed by atoms with E-state index in [0.717, 1.165) is 19.3 Å². The molecule has 1 aliphatic carbocycles. The maximum Gasteiger partial charge on any atom is 0.339 e. The number of rotatable bonds is 4. The lowest BCUT2D eigenvalue weighted by Gasteiger charge is -2.36. The summed E-state index contributed by atoms with van der Waals surface area (Å²) in [5.41, 5.74) is 8.66. The van der Waals surface area contributed by atoms with Gasteiger partial charge in [0.1, 0.15) is 6.10 Å². The zero-order valence-corrected chi connectivity index (χ0v) is 14.3. The molecule has 1 aliphatic rings. The van der Waals surface area contributed by atoms with Crippen molar-refractivity contribution in [3.8, 4) is 0 Å². The molecule has 24 heavy (non-hydrogen) atoms. The second kappa shape index (κ2) is 7.97. The van der Waals surface area contributed by atoms with Gasteiger partial charge in [0.2, 0.25) is 5.91 Å². The predicted octanol–water partition coefficient (Wildman–Crippen LogP) is 4.75. The molecule has 1 amide bonds. The Morgan fingerprint density at radius 3 is 2.54 bits per heavy atom. The highest BCUT2D eigenvalue weighted by Gasteiger charge is 2.34. The van der Waals surface area contributed by atoms with Crippen molar-refractivity contribution in [1.82, 2.24) is 0 Å². The van der Waals surface area contributed by atoms with Gasteiger partial charge in [-0.15, -0.1) is 0 Å². The molecule has 0 unspecified atom stereocenters. The van der Waals surface area contributed by atoms with E-state index in [2.05, 4.69) is 30.8 Å². The number of carbonyl (C=O) groups excluding carboxylic acids is 2. The largest absolute Gasteiger partial charge is 0.458 e. The summed E-state index contributed by atoms with van der Waals surface area (Å²) in [7, 11) is 0. The zero-order valence-electron chi connectivity index (χ0n) is 14.3. The first-order valence-electron chi connectivity index (χ1n) is 8.33. The number of esters is 1. The van der Waals surface area contributed by atoms with Gasteiger partial charge >= 0.3 is 5.97 Å². The monoisotopic (exact) mass is 329 g/mol. The van der Waals surface area contributed by atoms with Crippen LogP contribution in [0.4, 0.5) is 0 Å². The lowest BCUT2D eigenvalue weighted by Crippen LogP contribution is -2.36. The molecule has 6 heteroatoms. The standard InChI is InChI=1S/C18H23N3O3/c1-11(2)13-9-8-12(3)10-16(13)24-18(23)15-7-5-4-6-14(15)17(22)20-21-19/h4-7,11-13,16H,8-10H2,1-3H3/t12-,13+,16-/m1/s1. The molecule has 3 atom stereocenters. The first-order chi connectivity index (χ1) is 11.4. The van der Waals surface area contributed by atoms with Crippen LogP contribution >= 0.6 is 0 Å². The van der Waals surface area contributed by atoms with E-state index in [1.807, 2.05) is 0 Å². The first kappa shape index (κ1) is 18.0. The molecular formula is C18H23N3O3. The zero-order chi connectivity index (χ0) is 17.7. The summed E-state index contributed by atoms with van der Waals surface area (Å²) in [6.45, 7) is 6.44. The smallest absolute Gasteiger partial charge is 0.339 e. The predicted molar refractivity (Wildman–Crippen MR) is 90.5 cm³/mol. The highest BCUT2D eigenvalue weighted by molar-refractivity contribution is 6.05. The molecule has 1 aromatic carbocycles. The normalized spacial score (nSPS) is 23.4. The van der Waals surface area contributed by atoms with E-state index in [0.29, 0.717) is 17.8 Å². The van der Waals surface area contributed by atoms with Gasteiger partial charge < -0.3 is 4.74 Å². The van der Waals surface area contributed by atoms with Gasteiger partial charge in [0.25, 0.3) is 0 Å². The summed E-state index contributed by atoms with van der Waals surface area (Å²) in [5, 5.41) is 3.07. The van der Waals surface area contributed by atoms with Crippen LogP contribution in [0.1, 0.15) is 60.7 Å². The average Bonchev–Trinajstić information content (AvgIpc) is 2.54. The second-order valence-corrected chi connectivity index (χ2v) is 6.81. The van der Waals surface area contributed by atoms with Gasteiger partial charge in [-0.05, 0) is 47.3 Å². The van der Waals surface area contributed by atoms with Gasteiger partial charge in [0, 0.05) is 10.5 Å². The SMILES string of the molecule is CC(C)[C@@H]1CC[C@@H](C)C[C@H]1OC(=O)c1ccccc1C(=O)N=[N+]=[N-]. The van der Waals surface area contributed by atoms with E-state index >= 15 is 0 Å². The first-order valence-corrected chi connectivity index (χ1v) is 8.33. The van der Waals surface area contributed by atoms with Gasteiger partial charge in [-0.3, -0.25) is 4.79 Å². The Kier molecular flexibility index (Phi) is 5.99. The molecule has 1 fully saturated rings. The molecule has 0 radical (unpaired) electrons. The fourth-order valence-electron chi connectivity index (χ4n) is 3.39. The number of azide groups is 1. The van der Waals surface area contributed by atoms with Crippen LogP contribution < -0.4 is 0 Å². The van der Waals surface area contributed by atoms with Crippen molar-refractivity contribution in [2.75, 3.05) is 0 Å². The quantitative estimate of drug-likeness (QED) is 0.345. The van der Waals surface area contributed by atoms with E-state index in [9.17, 15) is 9.59 Å². The van der Waals surface area contributed by atoms with Gasteiger partial charge in [0.05, 0.1) is 5.56 Å². The minimum atomic E-state index is -0.775. The molecular weight excluding hydrogens is 306 g/mol. The van der Waals surface area contributed by atoms with Crippen molar-refractivity contribution in [3.05, 3.63) is 45.8 Å². The van der Waals surface area contributed by atoms with Crippen LogP contribution in [0.25, 0.3) is 10.4 Å². The van der Waals surface area contributed by atoms with E-state index < -0.39 is 11.9 Å². The molecule has 0 aromatic heterocycles. The molecule has 128 valence electrons. The summed E-state index contributed by atoms with van der Waals surface area (Å²) in [6, 6.07) is 6.28. The van der Waals surface area contributed by atoms with Crippen LogP contribution in [0.5, 0.6) is 0 Å². The average molecular weight is 329 g/mol. The van der Waals surface area contributed by atoms with Gasteiger partial charge in [-0.1, -0.05) is 45.4 Å². The topological polar surface area (TPSA) is 92.1 Å². The van der Waals surface area contributed by atoms with Crippen LogP contribution in [0.3, 0.4) is 0 Å². The van der Waals surface area contributed by atoms with Crippen LogP contribution in [0.2, 0.25) is 0 Å².